The number of rotatable bonds is 9. The van der Waals surface area contributed by atoms with Gasteiger partial charge in [-0.1, -0.05) is 30.3 Å². The van der Waals surface area contributed by atoms with E-state index in [-0.39, 0.29) is 11.8 Å². The first-order chi connectivity index (χ1) is 15.8. The Balaban J connectivity index is 1.29. The maximum atomic E-state index is 13.1. The van der Waals surface area contributed by atoms with Crippen LogP contribution in [0, 0.1) is 11.8 Å². The third-order valence-corrected chi connectivity index (χ3v) is 6.99. The molecule has 3 aliphatic rings. The molecule has 0 aromatic heterocycles. The van der Waals surface area contributed by atoms with Gasteiger partial charge in [0.1, 0.15) is 0 Å². The molecule has 1 aromatic rings. The number of amides is 1. The fraction of sp³-hybridized carbons (Fsp3) is 0.720. The lowest BCUT2D eigenvalue weighted by Crippen LogP contribution is -2.51. The molecule has 0 aliphatic carbocycles. The molecule has 178 valence electrons. The van der Waals surface area contributed by atoms with Gasteiger partial charge in [0.15, 0.2) is 0 Å². The Morgan fingerprint density at radius 2 is 1.56 bits per heavy atom. The Morgan fingerprint density at radius 1 is 0.875 bits per heavy atom. The molecule has 2 atom stereocenters. The van der Waals surface area contributed by atoms with E-state index in [1.807, 2.05) is 0 Å². The molecule has 0 spiro atoms. The van der Waals surface area contributed by atoms with E-state index >= 15 is 0 Å². The number of nitrogens with zero attached hydrogens (tertiary/aromatic N) is 3. The van der Waals surface area contributed by atoms with Gasteiger partial charge in [0, 0.05) is 65.4 Å². The van der Waals surface area contributed by atoms with Crippen molar-refractivity contribution in [3.8, 4) is 0 Å². The van der Waals surface area contributed by atoms with Crippen LogP contribution in [-0.2, 0) is 20.7 Å². The lowest BCUT2D eigenvalue weighted by Gasteiger charge is -2.40. The third-order valence-electron chi connectivity index (χ3n) is 6.99. The fourth-order valence-corrected chi connectivity index (χ4v) is 5.19. The van der Waals surface area contributed by atoms with E-state index in [0.717, 1.165) is 105 Å². The topological polar surface area (TPSA) is 57.3 Å². The number of carbonyl (C=O) groups is 1. The van der Waals surface area contributed by atoms with Gasteiger partial charge in [-0.15, -0.1) is 0 Å². The molecule has 32 heavy (non-hydrogen) atoms. The fourth-order valence-electron chi connectivity index (χ4n) is 5.19. The molecule has 3 aliphatic heterocycles. The molecule has 0 bridgehead atoms. The summed E-state index contributed by atoms with van der Waals surface area (Å²) in [5.74, 6) is 0.845. The monoisotopic (exact) mass is 444 g/mol. The van der Waals surface area contributed by atoms with Crippen molar-refractivity contribution in [1.82, 2.24) is 20.0 Å². The number of morpholine rings is 2. The van der Waals surface area contributed by atoms with E-state index in [1.165, 1.54) is 5.56 Å². The first-order valence-corrected chi connectivity index (χ1v) is 12.4. The van der Waals surface area contributed by atoms with Gasteiger partial charge in [0.25, 0.3) is 0 Å². The van der Waals surface area contributed by atoms with Gasteiger partial charge in [0.2, 0.25) is 5.91 Å². The predicted octanol–water partition coefficient (Wildman–Crippen LogP) is 0.948. The summed E-state index contributed by atoms with van der Waals surface area (Å²) in [5.41, 5.74) is 1.37. The van der Waals surface area contributed by atoms with Gasteiger partial charge < -0.3 is 19.7 Å². The zero-order chi connectivity index (χ0) is 22.0. The number of likely N-dealkylation sites (tertiary alicyclic amines) is 1. The van der Waals surface area contributed by atoms with Crippen LogP contribution in [0.4, 0.5) is 0 Å². The second-order valence-electron chi connectivity index (χ2n) is 9.45. The summed E-state index contributed by atoms with van der Waals surface area (Å²) in [6, 6.07) is 10.7. The average Bonchev–Trinajstić information content (AvgIpc) is 2.84. The molecule has 1 N–H and O–H groups in total. The van der Waals surface area contributed by atoms with Crippen LogP contribution < -0.4 is 5.32 Å². The minimum absolute atomic E-state index is 0.0789. The maximum Gasteiger partial charge on any atom is 0.224 e. The molecular formula is C25H40N4O3. The van der Waals surface area contributed by atoms with Gasteiger partial charge >= 0.3 is 0 Å². The largest absolute Gasteiger partial charge is 0.379 e. The number of hydrogen-bond donors (Lipinski definition) is 1. The highest BCUT2D eigenvalue weighted by Crippen LogP contribution is 2.24. The quantitative estimate of drug-likeness (QED) is 0.612. The zero-order valence-corrected chi connectivity index (χ0v) is 19.4. The van der Waals surface area contributed by atoms with E-state index in [1.54, 1.807) is 0 Å². The first-order valence-electron chi connectivity index (χ1n) is 12.4. The number of piperidine rings is 1. The zero-order valence-electron chi connectivity index (χ0n) is 19.4. The second kappa shape index (κ2) is 12.7. The smallest absolute Gasteiger partial charge is 0.224 e. The van der Waals surface area contributed by atoms with Crippen molar-refractivity contribution >= 4 is 5.91 Å². The molecule has 0 unspecified atom stereocenters. The number of nitrogens with one attached hydrogen (secondary N) is 1. The van der Waals surface area contributed by atoms with Gasteiger partial charge in [-0.25, -0.2) is 0 Å². The van der Waals surface area contributed by atoms with Crippen LogP contribution >= 0.6 is 0 Å². The summed E-state index contributed by atoms with van der Waals surface area (Å²) in [7, 11) is 0. The molecular weight excluding hydrogens is 404 g/mol. The maximum absolute atomic E-state index is 13.1. The van der Waals surface area contributed by atoms with Crippen LogP contribution in [0.5, 0.6) is 0 Å². The molecule has 1 aromatic carbocycles. The molecule has 0 saturated carbocycles. The van der Waals surface area contributed by atoms with Crippen molar-refractivity contribution in [2.75, 3.05) is 91.9 Å². The molecule has 3 heterocycles. The standard InChI is InChI=1S/C25H40N4O3/c30-25(26-7-9-27-10-14-31-15-11-27)24-18-23(19-28-12-16-32-17-13-28)20-29(21-24)8-6-22-4-2-1-3-5-22/h1-5,23-24H,6-21H2,(H,26,30)/t23-,24-/m1/s1. The van der Waals surface area contributed by atoms with Gasteiger partial charge in [-0.2, -0.15) is 0 Å². The van der Waals surface area contributed by atoms with Crippen molar-refractivity contribution in [1.29, 1.82) is 0 Å². The summed E-state index contributed by atoms with van der Waals surface area (Å²) in [5, 5.41) is 3.24. The predicted molar refractivity (Wildman–Crippen MR) is 126 cm³/mol. The lowest BCUT2D eigenvalue weighted by molar-refractivity contribution is -0.127. The highest BCUT2D eigenvalue weighted by Gasteiger charge is 2.32. The Labute approximate surface area is 193 Å². The molecule has 3 fully saturated rings. The minimum atomic E-state index is 0.0789. The number of hydrogen-bond acceptors (Lipinski definition) is 6. The Morgan fingerprint density at radius 3 is 2.28 bits per heavy atom. The summed E-state index contributed by atoms with van der Waals surface area (Å²) in [4.78, 5) is 20.5. The van der Waals surface area contributed by atoms with Crippen molar-refractivity contribution in [3.63, 3.8) is 0 Å². The van der Waals surface area contributed by atoms with Crippen LogP contribution in [0.15, 0.2) is 30.3 Å². The molecule has 0 radical (unpaired) electrons. The summed E-state index contributed by atoms with van der Waals surface area (Å²) in [6.45, 7) is 12.9. The third kappa shape index (κ3) is 7.52. The number of ether oxygens (including phenoxy) is 2. The SMILES string of the molecule is O=C(NCCN1CCOCC1)[C@@H]1C[C@H](CN2CCOCC2)CN(CCc2ccccc2)C1. The van der Waals surface area contributed by atoms with Crippen molar-refractivity contribution < 1.29 is 14.3 Å². The summed E-state index contributed by atoms with van der Waals surface area (Å²) < 4.78 is 10.9. The van der Waals surface area contributed by atoms with Crippen LogP contribution in [-0.4, -0.2) is 112 Å². The lowest BCUT2D eigenvalue weighted by atomic mass is 9.87. The van der Waals surface area contributed by atoms with Crippen molar-refractivity contribution in [2.45, 2.75) is 12.8 Å². The highest BCUT2D eigenvalue weighted by atomic mass is 16.5. The van der Waals surface area contributed by atoms with E-state index in [9.17, 15) is 4.79 Å². The van der Waals surface area contributed by atoms with E-state index in [0.29, 0.717) is 5.92 Å². The first kappa shape index (κ1) is 23.6. The van der Waals surface area contributed by atoms with Gasteiger partial charge in [0.05, 0.1) is 32.3 Å². The molecule has 4 rings (SSSR count). The molecule has 3 saturated heterocycles. The van der Waals surface area contributed by atoms with Crippen molar-refractivity contribution in [2.24, 2.45) is 11.8 Å². The minimum Gasteiger partial charge on any atom is -0.379 e. The van der Waals surface area contributed by atoms with Crippen LogP contribution in [0.1, 0.15) is 12.0 Å². The Bertz CT molecular complexity index is 677. The van der Waals surface area contributed by atoms with Crippen LogP contribution in [0.3, 0.4) is 0 Å². The summed E-state index contributed by atoms with van der Waals surface area (Å²) >= 11 is 0. The Kier molecular flexibility index (Phi) is 9.35. The van der Waals surface area contributed by atoms with Crippen LogP contribution in [0.2, 0.25) is 0 Å². The number of benzene rings is 1. The second-order valence-corrected chi connectivity index (χ2v) is 9.45. The normalized spacial score (nSPS) is 26.1. The molecule has 1 amide bonds. The summed E-state index contributed by atoms with van der Waals surface area (Å²) in [6.07, 6.45) is 2.03. The Hall–Kier alpha value is -1.51. The van der Waals surface area contributed by atoms with E-state index in [2.05, 4.69) is 50.3 Å². The van der Waals surface area contributed by atoms with Gasteiger partial charge in [-0.3, -0.25) is 14.6 Å². The molecule has 7 heteroatoms. The van der Waals surface area contributed by atoms with E-state index < -0.39 is 0 Å². The highest BCUT2D eigenvalue weighted by molar-refractivity contribution is 5.79. The number of carbonyl (C=O) groups excluding carboxylic acids is 1. The van der Waals surface area contributed by atoms with Gasteiger partial charge in [-0.05, 0) is 24.3 Å². The van der Waals surface area contributed by atoms with Crippen molar-refractivity contribution in [3.05, 3.63) is 35.9 Å². The molecule has 7 nitrogen and oxygen atoms in total. The average molecular weight is 445 g/mol. The van der Waals surface area contributed by atoms with E-state index in [4.69, 9.17) is 9.47 Å². The van der Waals surface area contributed by atoms with Crippen LogP contribution in [0.25, 0.3) is 0 Å².